The predicted octanol–water partition coefficient (Wildman–Crippen LogP) is 3.46. The Bertz CT molecular complexity index is 745. The number of hydrogen-bond donors (Lipinski definition) is 1. The van der Waals surface area contributed by atoms with Crippen LogP contribution < -0.4 is 5.32 Å². The van der Waals surface area contributed by atoms with Crippen LogP contribution in [-0.4, -0.2) is 9.78 Å². The van der Waals surface area contributed by atoms with E-state index in [1.807, 2.05) is 25.2 Å². The minimum Gasteiger partial charge on any atom is -0.381 e. The molecule has 3 nitrogen and oxygen atoms in total. The zero-order valence-electron chi connectivity index (χ0n) is 10.9. The second kappa shape index (κ2) is 4.92. The first kappa shape index (κ1) is 12.6. The molecule has 0 bridgehead atoms. The van der Waals surface area contributed by atoms with E-state index >= 15 is 0 Å². The van der Waals surface area contributed by atoms with Gasteiger partial charge in [-0.3, -0.25) is 4.68 Å². The van der Waals surface area contributed by atoms with E-state index in [4.69, 9.17) is 0 Å². The summed E-state index contributed by atoms with van der Waals surface area (Å²) in [6.07, 6.45) is 1.75. The van der Waals surface area contributed by atoms with Gasteiger partial charge in [0.15, 0.2) is 0 Å². The third-order valence-corrected chi connectivity index (χ3v) is 3.28. The largest absolute Gasteiger partial charge is 0.381 e. The Morgan fingerprint density at radius 1 is 1.15 bits per heavy atom. The molecule has 0 aliphatic heterocycles. The number of benzene rings is 2. The van der Waals surface area contributed by atoms with Gasteiger partial charge in [0, 0.05) is 30.2 Å². The van der Waals surface area contributed by atoms with E-state index in [-0.39, 0.29) is 12.1 Å². The van der Waals surface area contributed by atoms with Gasteiger partial charge in [-0.2, -0.15) is 5.10 Å². The third-order valence-electron chi connectivity index (χ3n) is 3.28. The van der Waals surface area contributed by atoms with E-state index in [0.29, 0.717) is 0 Å². The zero-order valence-corrected chi connectivity index (χ0v) is 10.9. The Morgan fingerprint density at radius 2 is 1.90 bits per heavy atom. The summed E-state index contributed by atoms with van der Waals surface area (Å²) >= 11 is 0. The fourth-order valence-corrected chi connectivity index (χ4v) is 2.17. The number of fused-ring (bicyclic) bond motifs is 1. The van der Waals surface area contributed by atoms with Crippen molar-refractivity contribution in [2.75, 3.05) is 5.32 Å². The molecular formula is C15H13F2N3. The van der Waals surface area contributed by atoms with Crippen molar-refractivity contribution >= 4 is 16.6 Å². The first-order valence-electron chi connectivity index (χ1n) is 6.23. The molecule has 0 saturated carbocycles. The van der Waals surface area contributed by atoms with Gasteiger partial charge >= 0.3 is 0 Å². The first-order chi connectivity index (χ1) is 9.65. The second-order valence-corrected chi connectivity index (χ2v) is 4.60. The van der Waals surface area contributed by atoms with Crippen molar-refractivity contribution in [1.82, 2.24) is 9.78 Å². The highest BCUT2D eigenvalue weighted by atomic mass is 19.1. The molecule has 102 valence electrons. The molecule has 0 unspecified atom stereocenters. The molecule has 0 aliphatic carbocycles. The molecule has 0 saturated heterocycles. The summed E-state index contributed by atoms with van der Waals surface area (Å²) < 4.78 is 28.8. The van der Waals surface area contributed by atoms with Crippen LogP contribution in [0.5, 0.6) is 0 Å². The number of halogens is 2. The molecule has 3 rings (SSSR count). The van der Waals surface area contributed by atoms with Crippen LogP contribution in [0.4, 0.5) is 14.5 Å². The third kappa shape index (κ3) is 2.22. The number of anilines is 1. The molecule has 0 atom stereocenters. The summed E-state index contributed by atoms with van der Waals surface area (Å²) in [5, 5.41) is 8.16. The minimum atomic E-state index is -0.542. The topological polar surface area (TPSA) is 29.9 Å². The Kier molecular flexibility index (Phi) is 3.10. The smallest absolute Gasteiger partial charge is 0.131 e. The summed E-state index contributed by atoms with van der Waals surface area (Å²) in [6.45, 7) is 0.101. The molecule has 3 aromatic rings. The Balaban J connectivity index is 1.83. The van der Waals surface area contributed by atoms with Gasteiger partial charge in [-0.1, -0.05) is 6.07 Å². The maximum absolute atomic E-state index is 13.5. The number of nitrogens with zero attached hydrogens (tertiary/aromatic N) is 2. The highest BCUT2D eigenvalue weighted by Crippen LogP contribution is 2.20. The van der Waals surface area contributed by atoms with Crippen molar-refractivity contribution in [1.29, 1.82) is 0 Å². The highest BCUT2D eigenvalue weighted by Gasteiger charge is 2.08. The van der Waals surface area contributed by atoms with Crippen LogP contribution in [0.2, 0.25) is 0 Å². The first-order valence-corrected chi connectivity index (χ1v) is 6.23. The van der Waals surface area contributed by atoms with Crippen molar-refractivity contribution in [3.63, 3.8) is 0 Å². The van der Waals surface area contributed by atoms with Crippen molar-refractivity contribution in [3.8, 4) is 0 Å². The van der Waals surface area contributed by atoms with Gasteiger partial charge < -0.3 is 5.32 Å². The second-order valence-electron chi connectivity index (χ2n) is 4.60. The normalized spacial score (nSPS) is 10.9. The lowest BCUT2D eigenvalue weighted by molar-refractivity contribution is 0.560. The quantitative estimate of drug-likeness (QED) is 0.792. The van der Waals surface area contributed by atoms with Crippen LogP contribution >= 0.6 is 0 Å². The van der Waals surface area contributed by atoms with Crippen LogP contribution in [0, 0.1) is 11.6 Å². The van der Waals surface area contributed by atoms with Crippen molar-refractivity contribution < 1.29 is 8.78 Å². The summed E-state index contributed by atoms with van der Waals surface area (Å²) in [4.78, 5) is 0. The van der Waals surface area contributed by atoms with Crippen LogP contribution in [0.1, 0.15) is 5.56 Å². The maximum atomic E-state index is 13.5. The monoisotopic (exact) mass is 273 g/mol. The maximum Gasteiger partial charge on any atom is 0.131 e. The number of rotatable bonds is 3. The average molecular weight is 273 g/mol. The van der Waals surface area contributed by atoms with E-state index in [9.17, 15) is 8.78 Å². The standard InChI is InChI=1S/C15H13F2N3/c1-20-15-6-5-11(7-10(15)8-19-20)18-9-12-13(16)3-2-4-14(12)17/h2-8,18H,9H2,1H3. The molecule has 0 amide bonds. The molecule has 1 heterocycles. The van der Waals surface area contributed by atoms with E-state index < -0.39 is 11.6 Å². The molecule has 0 spiro atoms. The molecule has 1 aromatic heterocycles. The molecular weight excluding hydrogens is 260 g/mol. The van der Waals surface area contributed by atoms with Gasteiger partial charge in [-0.15, -0.1) is 0 Å². The fraction of sp³-hybridized carbons (Fsp3) is 0.133. The predicted molar refractivity (Wildman–Crippen MR) is 74.4 cm³/mol. The average Bonchev–Trinajstić information content (AvgIpc) is 2.79. The Hall–Kier alpha value is -2.43. The van der Waals surface area contributed by atoms with Crippen LogP contribution in [0.3, 0.4) is 0 Å². The minimum absolute atomic E-state index is 0.0405. The summed E-state index contributed by atoms with van der Waals surface area (Å²) in [5.74, 6) is -1.08. The molecule has 1 N–H and O–H groups in total. The van der Waals surface area contributed by atoms with Gasteiger partial charge in [0.25, 0.3) is 0 Å². The van der Waals surface area contributed by atoms with Gasteiger partial charge in [0.05, 0.1) is 11.7 Å². The van der Waals surface area contributed by atoms with Gasteiger partial charge in [-0.05, 0) is 30.3 Å². The number of aromatic nitrogens is 2. The van der Waals surface area contributed by atoms with Crippen LogP contribution in [0.15, 0.2) is 42.6 Å². The van der Waals surface area contributed by atoms with E-state index in [1.165, 1.54) is 18.2 Å². The summed E-state index contributed by atoms with van der Waals surface area (Å²) in [6, 6.07) is 9.55. The molecule has 2 aromatic carbocycles. The summed E-state index contributed by atoms with van der Waals surface area (Å²) in [5.41, 5.74) is 1.85. The van der Waals surface area contributed by atoms with E-state index in [2.05, 4.69) is 10.4 Å². The SMILES string of the molecule is Cn1ncc2cc(NCc3c(F)cccc3F)ccc21. The molecule has 0 aliphatic rings. The van der Waals surface area contributed by atoms with Gasteiger partial charge in [0.2, 0.25) is 0 Å². The lowest BCUT2D eigenvalue weighted by Crippen LogP contribution is -2.04. The zero-order chi connectivity index (χ0) is 14.1. The van der Waals surface area contributed by atoms with Crippen LogP contribution in [-0.2, 0) is 13.6 Å². The Morgan fingerprint density at radius 3 is 2.65 bits per heavy atom. The van der Waals surface area contributed by atoms with Crippen LogP contribution in [0.25, 0.3) is 10.9 Å². The molecule has 5 heteroatoms. The van der Waals surface area contributed by atoms with Crippen molar-refractivity contribution in [3.05, 3.63) is 59.8 Å². The van der Waals surface area contributed by atoms with Gasteiger partial charge in [0.1, 0.15) is 11.6 Å². The number of nitrogens with one attached hydrogen (secondary N) is 1. The highest BCUT2D eigenvalue weighted by molar-refractivity contribution is 5.82. The van der Waals surface area contributed by atoms with Crippen molar-refractivity contribution in [2.24, 2.45) is 7.05 Å². The number of aryl methyl sites for hydroxylation is 1. The lowest BCUT2D eigenvalue weighted by atomic mass is 10.2. The van der Waals surface area contributed by atoms with Crippen molar-refractivity contribution in [2.45, 2.75) is 6.54 Å². The lowest BCUT2D eigenvalue weighted by Gasteiger charge is -2.08. The fourth-order valence-electron chi connectivity index (χ4n) is 2.17. The molecule has 0 fully saturated rings. The molecule has 0 radical (unpaired) electrons. The molecule has 20 heavy (non-hydrogen) atoms. The van der Waals surface area contributed by atoms with E-state index in [1.54, 1.807) is 10.9 Å². The summed E-state index contributed by atoms with van der Waals surface area (Å²) in [7, 11) is 1.87. The van der Waals surface area contributed by atoms with E-state index in [0.717, 1.165) is 16.6 Å². The number of hydrogen-bond acceptors (Lipinski definition) is 2. The Labute approximate surface area is 114 Å². The van der Waals surface area contributed by atoms with Gasteiger partial charge in [-0.25, -0.2) is 8.78 Å².